The summed E-state index contributed by atoms with van der Waals surface area (Å²) in [6.07, 6.45) is 2.61. The maximum absolute atomic E-state index is 4.92. The van der Waals surface area contributed by atoms with Crippen molar-refractivity contribution in [2.75, 3.05) is 19.0 Å². The van der Waals surface area contributed by atoms with Crippen molar-refractivity contribution in [2.45, 2.75) is 38.8 Å². The number of thiazole rings is 1. The highest BCUT2D eigenvalue weighted by molar-refractivity contribution is 7.15. The minimum Gasteiger partial charge on any atom is -0.347 e. The number of benzene rings is 1. The molecule has 0 unspecified atom stereocenters. The Kier molecular flexibility index (Phi) is 4.27. The van der Waals surface area contributed by atoms with E-state index in [9.17, 15) is 0 Å². The number of aryl methyl sites for hydroxylation is 1. The number of anilines is 1. The third-order valence-corrected chi connectivity index (χ3v) is 5.20. The van der Waals surface area contributed by atoms with E-state index in [4.69, 9.17) is 4.98 Å². The van der Waals surface area contributed by atoms with Crippen LogP contribution in [0.15, 0.2) is 24.3 Å². The highest BCUT2D eigenvalue weighted by atomic mass is 32.1. The molecule has 0 bridgehead atoms. The summed E-state index contributed by atoms with van der Waals surface area (Å²) in [7, 11) is 4.15. The molecule has 0 amide bonds. The SMILES string of the molecule is CNCc1sc(N(C)Cc2ccccc2C)nc1C1CC1. The van der Waals surface area contributed by atoms with Crippen LogP contribution in [-0.2, 0) is 13.1 Å². The molecular formula is C17H23N3S. The first-order chi connectivity index (χ1) is 10.2. The number of hydrogen-bond acceptors (Lipinski definition) is 4. The molecule has 1 aliphatic carbocycles. The van der Waals surface area contributed by atoms with Gasteiger partial charge in [0.15, 0.2) is 5.13 Å². The van der Waals surface area contributed by atoms with Gasteiger partial charge in [0, 0.05) is 30.9 Å². The van der Waals surface area contributed by atoms with E-state index in [1.54, 1.807) is 0 Å². The Bertz CT molecular complexity index is 616. The van der Waals surface area contributed by atoms with E-state index in [0.717, 1.165) is 18.2 Å². The van der Waals surface area contributed by atoms with Crippen molar-refractivity contribution in [3.8, 4) is 0 Å². The lowest BCUT2D eigenvalue weighted by atomic mass is 10.1. The molecule has 1 fully saturated rings. The number of aromatic nitrogens is 1. The van der Waals surface area contributed by atoms with Crippen molar-refractivity contribution < 1.29 is 0 Å². The summed E-state index contributed by atoms with van der Waals surface area (Å²) in [4.78, 5) is 8.61. The maximum Gasteiger partial charge on any atom is 0.185 e. The van der Waals surface area contributed by atoms with Crippen molar-refractivity contribution in [2.24, 2.45) is 0 Å². The average Bonchev–Trinajstić information content (AvgIpc) is 3.23. The van der Waals surface area contributed by atoms with Crippen molar-refractivity contribution in [1.82, 2.24) is 10.3 Å². The van der Waals surface area contributed by atoms with Gasteiger partial charge in [0.1, 0.15) is 0 Å². The Labute approximate surface area is 131 Å². The monoisotopic (exact) mass is 301 g/mol. The van der Waals surface area contributed by atoms with Gasteiger partial charge in [0.25, 0.3) is 0 Å². The van der Waals surface area contributed by atoms with Gasteiger partial charge in [-0.05, 0) is 37.9 Å². The summed E-state index contributed by atoms with van der Waals surface area (Å²) in [6, 6.07) is 8.58. The van der Waals surface area contributed by atoms with Crippen molar-refractivity contribution in [1.29, 1.82) is 0 Å². The highest BCUT2D eigenvalue weighted by Gasteiger charge is 2.30. The van der Waals surface area contributed by atoms with Crippen LogP contribution >= 0.6 is 11.3 Å². The Balaban J connectivity index is 1.79. The average molecular weight is 301 g/mol. The molecule has 1 aliphatic rings. The predicted octanol–water partition coefficient (Wildman–Crippen LogP) is 3.68. The van der Waals surface area contributed by atoms with Gasteiger partial charge >= 0.3 is 0 Å². The number of nitrogens with zero attached hydrogens (tertiary/aromatic N) is 2. The first-order valence-corrected chi connectivity index (χ1v) is 8.40. The zero-order chi connectivity index (χ0) is 14.8. The van der Waals surface area contributed by atoms with E-state index in [1.807, 2.05) is 18.4 Å². The van der Waals surface area contributed by atoms with E-state index < -0.39 is 0 Å². The van der Waals surface area contributed by atoms with Crippen molar-refractivity contribution in [3.05, 3.63) is 46.0 Å². The molecule has 1 saturated carbocycles. The topological polar surface area (TPSA) is 28.2 Å². The van der Waals surface area contributed by atoms with Crippen LogP contribution in [0, 0.1) is 6.92 Å². The fourth-order valence-corrected chi connectivity index (χ4v) is 3.71. The third kappa shape index (κ3) is 3.27. The molecule has 1 aromatic heterocycles. The van der Waals surface area contributed by atoms with Gasteiger partial charge < -0.3 is 10.2 Å². The molecule has 2 aromatic rings. The summed E-state index contributed by atoms with van der Waals surface area (Å²) >= 11 is 1.84. The second-order valence-electron chi connectivity index (χ2n) is 5.89. The van der Waals surface area contributed by atoms with Crippen LogP contribution < -0.4 is 10.2 Å². The quantitative estimate of drug-likeness (QED) is 0.882. The first kappa shape index (κ1) is 14.5. The maximum atomic E-state index is 4.92. The molecule has 1 aromatic carbocycles. The number of hydrogen-bond donors (Lipinski definition) is 1. The largest absolute Gasteiger partial charge is 0.347 e. The molecule has 3 rings (SSSR count). The second-order valence-corrected chi connectivity index (χ2v) is 6.95. The van der Waals surface area contributed by atoms with Crippen LogP contribution in [0.3, 0.4) is 0 Å². The van der Waals surface area contributed by atoms with Gasteiger partial charge in [-0.15, -0.1) is 11.3 Å². The minimum absolute atomic E-state index is 0.713. The van der Waals surface area contributed by atoms with Crippen molar-refractivity contribution >= 4 is 16.5 Å². The van der Waals surface area contributed by atoms with Crippen LogP contribution in [-0.4, -0.2) is 19.1 Å². The van der Waals surface area contributed by atoms with E-state index in [2.05, 4.69) is 48.5 Å². The first-order valence-electron chi connectivity index (χ1n) is 7.59. The van der Waals surface area contributed by atoms with E-state index in [1.165, 1.54) is 34.5 Å². The molecule has 3 nitrogen and oxygen atoms in total. The Morgan fingerprint density at radius 2 is 2.10 bits per heavy atom. The van der Waals surface area contributed by atoms with Crippen LogP contribution in [0.25, 0.3) is 0 Å². The summed E-state index contributed by atoms with van der Waals surface area (Å²) in [5.41, 5.74) is 4.05. The standard InChI is InChI=1S/C17H23N3S/c1-12-6-4-5-7-14(12)11-20(3)17-19-16(13-8-9-13)15(21-17)10-18-2/h4-7,13,18H,8-11H2,1-3H3. The minimum atomic E-state index is 0.713. The van der Waals surface area contributed by atoms with Crippen LogP contribution in [0.4, 0.5) is 5.13 Å². The molecule has 4 heteroatoms. The third-order valence-electron chi connectivity index (χ3n) is 4.01. The molecule has 112 valence electrons. The lowest BCUT2D eigenvalue weighted by Crippen LogP contribution is -2.16. The summed E-state index contributed by atoms with van der Waals surface area (Å²) in [5.74, 6) is 0.713. The lowest BCUT2D eigenvalue weighted by Gasteiger charge is -2.17. The van der Waals surface area contributed by atoms with Gasteiger partial charge in [-0.1, -0.05) is 24.3 Å². The smallest absolute Gasteiger partial charge is 0.185 e. The van der Waals surface area contributed by atoms with Crippen molar-refractivity contribution in [3.63, 3.8) is 0 Å². The number of rotatable bonds is 6. The van der Waals surface area contributed by atoms with Gasteiger partial charge in [-0.25, -0.2) is 4.98 Å². The lowest BCUT2D eigenvalue weighted by molar-refractivity contribution is 0.811. The Morgan fingerprint density at radius 1 is 1.33 bits per heavy atom. The van der Waals surface area contributed by atoms with Gasteiger partial charge in [-0.3, -0.25) is 0 Å². The molecule has 0 atom stereocenters. The zero-order valence-corrected chi connectivity index (χ0v) is 13.8. The summed E-state index contributed by atoms with van der Waals surface area (Å²) in [5, 5.41) is 4.41. The molecule has 0 radical (unpaired) electrons. The van der Waals surface area contributed by atoms with Crippen LogP contribution in [0.2, 0.25) is 0 Å². The molecule has 1 N–H and O–H groups in total. The van der Waals surface area contributed by atoms with E-state index in [0.29, 0.717) is 5.92 Å². The van der Waals surface area contributed by atoms with Crippen LogP contribution in [0.5, 0.6) is 0 Å². The second kappa shape index (κ2) is 6.16. The molecule has 1 heterocycles. The van der Waals surface area contributed by atoms with Gasteiger partial charge in [-0.2, -0.15) is 0 Å². The summed E-state index contributed by atoms with van der Waals surface area (Å²) in [6.45, 7) is 4.03. The molecule has 0 aliphatic heterocycles. The molecule has 21 heavy (non-hydrogen) atoms. The van der Waals surface area contributed by atoms with Gasteiger partial charge in [0.05, 0.1) is 5.69 Å². The highest BCUT2D eigenvalue weighted by Crippen LogP contribution is 2.44. The summed E-state index contributed by atoms with van der Waals surface area (Å²) < 4.78 is 0. The molecular weight excluding hydrogens is 278 g/mol. The van der Waals surface area contributed by atoms with E-state index in [-0.39, 0.29) is 0 Å². The fraction of sp³-hybridized carbons (Fsp3) is 0.471. The Hall–Kier alpha value is -1.39. The van der Waals surface area contributed by atoms with Gasteiger partial charge in [0.2, 0.25) is 0 Å². The van der Waals surface area contributed by atoms with E-state index >= 15 is 0 Å². The van der Waals surface area contributed by atoms with Crippen LogP contribution in [0.1, 0.15) is 40.5 Å². The molecule has 0 saturated heterocycles. The fourth-order valence-electron chi connectivity index (χ4n) is 2.59. The molecule has 0 spiro atoms. The predicted molar refractivity (Wildman–Crippen MR) is 90.1 cm³/mol. The number of nitrogens with one attached hydrogen (secondary N) is 1. The Morgan fingerprint density at radius 3 is 2.76 bits per heavy atom. The zero-order valence-electron chi connectivity index (χ0n) is 13.0. The normalized spacial score (nSPS) is 14.4.